The van der Waals surface area contributed by atoms with Gasteiger partial charge < -0.3 is 10.1 Å². The molecule has 0 saturated carbocycles. The first-order chi connectivity index (χ1) is 8.70. The van der Waals surface area contributed by atoms with Gasteiger partial charge in [-0.15, -0.1) is 0 Å². The lowest BCUT2D eigenvalue weighted by Crippen LogP contribution is -2.20. The lowest BCUT2D eigenvalue weighted by atomic mass is 10.2. The van der Waals surface area contributed by atoms with Crippen molar-refractivity contribution in [2.45, 2.75) is 39.7 Å². The zero-order valence-electron chi connectivity index (χ0n) is 11.6. The Balaban J connectivity index is 2.26. The summed E-state index contributed by atoms with van der Waals surface area (Å²) in [5.74, 6) is 0. The Morgan fingerprint density at radius 1 is 1.33 bits per heavy atom. The molecule has 1 aromatic rings. The van der Waals surface area contributed by atoms with Crippen molar-refractivity contribution in [2.75, 3.05) is 26.8 Å². The number of rotatable bonds is 9. The SMILES string of the molecule is CCn1nc(C)c(Br)c1CCCCNCCOC. The van der Waals surface area contributed by atoms with Crippen molar-refractivity contribution >= 4 is 15.9 Å². The monoisotopic (exact) mass is 317 g/mol. The van der Waals surface area contributed by atoms with E-state index in [1.165, 1.54) is 23.0 Å². The quantitative estimate of drug-likeness (QED) is 0.711. The van der Waals surface area contributed by atoms with Crippen LogP contribution in [0.1, 0.15) is 31.2 Å². The molecule has 0 aliphatic carbocycles. The molecular weight excluding hydrogens is 294 g/mol. The molecule has 0 fully saturated rings. The summed E-state index contributed by atoms with van der Waals surface area (Å²) in [6.45, 7) is 7.90. The lowest BCUT2D eigenvalue weighted by molar-refractivity contribution is 0.199. The van der Waals surface area contributed by atoms with Crippen LogP contribution in [0.5, 0.6) is 0 Å². The number of nitrogens with zero attached hydrogens (tertiary/aromatic N) is 2. The maximum atomic E-state index is 4.99. The van der Waals surface area contributed by atoms with E-state index in [1.54, 1.807) is 7.11 Å². The van der Waals surface area contributed by atoms with Crippen molar-refractivity contribution in [1.29, 1.82) is 0 Å². The molecule has 0 aliphatic rings. The largest absolute Gasteiger partial charge is 0.383 e. The van der Waals surface area contributed by atoms with Crippen LogP contribution in [0.15, 0.2) is 4.47 Å². The van der Waals surface area contributed by atoms with Crippen LogP contribution in [0.4, 0.5) is 0 Å². The topological polar surface area (TPSA) is 39.1 Å². The van der Waals surface area contributed by atoms with Crippen molar-refractivity contribution in [1.82, 2.24) is 15.1 Å². The predicted octanol–water partition coefficient (Wildman–Crippen LogP) is 2.53. The molecule has 5 heteroatoms. The highest BCUT2D eigenvalue weighted by molar-refractivity contribution is 9.10. The molecule has 0 bridgehead atoms. The van der Waals surface area contributed by atoms with Gasteiger partial charge in [-0.05, 0) is 55.6 Å². The fraction of sp³-hybridized carbons (Fsp3) is 0.769. The zero-order chi connectivity index (χ0) is 13.4. The first-order valence-corrected chi connectivity index (χ1v) is 7.41. The summed E-state index contributed by atoms with van der Waals surface area (Å²) < 4.78 is 8.26. The van der Waals surface area contributed by atoms with Gasteiger partial charge in [-0.2, -0.15) is 5.10 Å². The maximum Gasteiger partial charge on any atom is 0.0738 e. The van der Waals surface area contributed by atoms with Crippen LogP contribution in [0.25, 0.3) is 0 Å². The highest BCUT2D eigenvalue weighted by atomic mass is 79.9. The third kappa shape index (κ3) is 4.71. The summed E-state index contributed by atoms with van der Waals surface area (Å²) in [4.78, 5) is 0. The van der Waals surface area contributed by atoms with Crippen LogP contribution >= 0.6 is 15.9 Å². The lowest BCUT2D eigenvalue weighted by Gasteiger charge is -2.06. The average molecular weight is 318 g/mol. The fourth-order valence-corrected chi connectivity index (χ4v) is 2.43. The van der Waals surface area contributed by atoms with E-state index in [4.69, 9.17) is 4.74 Å². The molecule has 0 aliphatic heterocycles. The minimum absolute atomic E-state index is 0.785. The number of hydrogen-bond acceptors (Lipinski definition) is 3. The average Bonchev–Trinajstić information content (AvgIpc) is 2.65. The van der Waals surface area contributed by atoms with Crippen LogP contribution in [-0.4, -0.2) is 36.6 Å². The van der Waals surface area contributed by atoms with Crippen LogP contribution in [0, 0.1) is 6.92 Å². The van der Waals surface area contributed by atoms with Crippen molar-refractivity contribution in [3.05, 3.63) is 15.9 Å². The molecule has 0 spiro atoms. The number of halogens is 1. The summed E-state index contributed by atoms with van der Waals surface area (Å²) in [5.41, 5.74) is 2.41. The summed E-state index contributed by atoms with van der Waals surface area (Å²) in [6, 6.07) is 0. The van der Waals surface area contributed by atoms with Crippen LogP contribution in [0.3, 0.4) is 0 Å². The van der Waals surface area contributed by atoms with Gasteiger partial charge in [0.15, 0.2) is 0 Å². The molecule has 1 heterocycles. The number of aryl methyl sites for hydroxylation is 2. The van der Waals surface area contributed by atoms with Gasteiger partial charge in [0.25, 0.3) is 0 Å². The van der Waals surface area contributed by atoms with Crippen LogP contribution < -0.4 is 5.32 Å². The van der Waals surface area contributed by atoms with E-state index in [-0.39, 0.29) is 0 Å². The zero-order valence-corrected chi connectivity index (χ0v) is 13.2. The van der Waals surface area contributed by atoms with Crippen molar-refractivity contribution in [2.24, 2.45) is 0 Å². The maximum absolute atomic E-state index is 4.99. The van der Waals surface area contributed by atoms with E-state index in [9.17, 15) is 0 Å². The van der Waals surface area contributed by atoms with E-state index < -0.39 is 0 Å². The molecule has 0 saturated heterocycles. The van der Waals surface area contributed by atoms with Gasteiger partial charge in [0, 0.05) is 20.2 Å². The Morgan fingerprint density at radius 3 is 2.78 bits per heavy atom. The number of unbranched alkanes of at least 4 members (excludes halogenated alkanes) is 1. The van der Waals surface area contributed by atoms with Crippen molar-refractivity contribution in [3.8, 4) is 0 Å². The molecule has 104 valence electrons. The number of hydrogen-bond donors (Lipinski definition) is 1. The minimum atomic E-state index is 0.785. The number of nitrogens with one attached hydrogen (secondary N) is 1. The van der Waals surface area contributed by atoms with Crippen molar-refractivity contribution < 1.29 is 4.74 Å². The van der Waals surface area contributed by atoms with E-state index in [0.29, 0.717) is 0 Å². The Bertz CT molecular complexity index is 352. The van der Waals surface area contributed by atoms with E-state index >= 15 is 0 Å². The third-order valence-corrected chi connectivity index (χ3v) is 3.98. The molecule has 0 atom stereocenters. The highest BCUT2D eigenvalue weighted by Crippen LogP contribution is 2.22. The predicted molar refractivity (Wildman–Crippen MR) is 78.0 cm³/mol. The summed E-state index contributed by atoms with van der Waals surface area (Å²) in [5, 5.41) is 7.87. The number of ether oxygens (including phenoxy) is 1. The number of aromatic nitrogens is 2. The molecule has 0 aromatic carbocycles. The van der Waals surface area contributed by atoms with Gasteiger partial charge in [-0.3, -0.25) is 4.68 Å². The summed E-state index contributed by atoms with van der Waals surface area (Å²) >= 11 is 3.63. The smallest absolute Gasteiger partial charge is 0.0738 e. The molecule has 1 aromatic heterocycles. The van der Waals surface area contributed by atoms with E-state index in [1.807, 2.05) is 6.92 Å². The Labute approximate surface area is 118 Å². The second-order valence-electron chi connectivity index (χ2n) is 4.36. The number of methoxy groups -OCH3 is 1. The molecule has 1 N–H and O–H groups in total. The molecule has 0 radical (unpaired) electrons. The summed E-state index contributed by atoms with van der Waals surface area (Å²) in [7, 11) is 1.73. The third-order valence-electron chi connectivity index (χ3n) is 2.95. The standard InChI is InChI=1S/C13H24BrN3O/c1-4-17-12(13(14)11(2)16-17)7-5-6-8-15-9-10-18-3/h15H,4-10H2,1-3H3. The van der Waals surface area contributed by atoms with E-state index in [2.05, 4.69) is 38.0 Å². The van der Waals surface area contributed by atoms with Gasteiger partial charge in [0.1, 0.15) is 0 Å². The van der Waals surface area contributed by atoms with E-state index in [0.717, 1.165) is 38.4 Å². The van der Waals surface area contributed by atoms with Crippen LogP contribution in [0.2, 0.25) is 0 Å². The minimum Gasteiger partial charge on any atom is -0.383 e. The Hall–Kier alpha value is -0.390. The second-order valence-corrected chi connectivity index (χ2v) is 5.15. The fourth-order valence-electron chi connectivity index (χ4n) is 1.95. The first kappa shape index (κ1) is 15.7. The first-order valence-electron chi connectivity index (χ1n) is 6.62. The van der Waals surface area contributed by atoms with Gasteiger partial charge in [-0.25, -0.2) is 0 Å². The Morgan fingerprint density at radius 2 is 2.11 bits per heavy atom. The Kier molecular flexibility index (Phi) is 7.54. The molecule has 0 unspecified atom stereocenters. The molecule has 0 amide bonds. The highest BCUT2D eigenvalue weighted by Gasteiger charge is 2.10. The molecular formula is C13H24BrN3O. The molecule has 18 heavy (non-hydrogen) atoms. The van der Waals surface area contributed by atoms with Gasteiger partial charge in [0.2, 0.25) is 0 Å². The normalized spacial score (nSPS) is 11.1. The second kappa shape index (κ2) is 8.67. The molecule has 1 rings (SSSR count). The van der Waals surface area contributed by atoms with Crippen molar-refractivity contribution in [3.63, 3.8) is 0 Å². The van der Waals surface area contributed by atoms with Gasteiger partial charge in [-0.1, -0.05) is 0 Å². The summed E-state index contributed by atoms with van der Waals surface area (Å²) in [6.07, 6.45) is 3.45. The van der Waals surface area contributed by atoms with Crippen LogP contribution in [-0.2, 0) is 17.7 Å². The van der Waals surface area contributed by atoms with Gasteiger partial charge in [0.05, 0.1) is 22.5 Å². The molecule has 4 nitrogen and oxygen atoms in total. The van der Waals surface area contributed by atoms with Gasteiger partial charge >= 0.3 is 0 Å².